The quantitative estimate of drug-likeness (QED) is 0.0379. The van der Waals surface area contributed by atoms with Crippen molar-refractivity contribution in [3.05, 3.63) is 24.3 Å². The highest BCUT2D eigenvalue weighted by molar-refractivity contribution is 5.69. The van der Waals surface area contributed by atoms with Crippen LogP contribution < -0.4 is 0 Å². The third kappa shape index (κ3) is 52.9. The Labute approximate surface area is 359 Å². The van der Waals surface area contributed by atoms with Crippen LogP contribution >= 0.6 is 0 Å². The highest BCUT2D eigenvalue weighted by Crippen LogP contribution is 2.17. The maximum atomic E-state index is 12.0. The molecular formula is C54H104O3. The lowest BCUT2D eigenvalue weighted by molar-refractivity contribution is -0.143. The average Bonchev–Trinajstić information content (AvgIpc) is 3.22. The number of carbonyl (C=O) groups excluding carboxylic acids is 1. The van der Waals surface area contributed by atoms with Crippen molar-refractivity contribution in [1.82, 2.24) is 0 Å². The molecule has 0 bridgehead atoms. The van der Waals surface area contributed by atoms with Gasteiger partial charge in [-0.25, -0.2) is 0 Å². The normalized spacial score (nSPS) is 11.8. The molecule has 0 aliphatic carbocycles. The molecule has 0 unspecified atom stereocenters. The van der Waals surface area contributed by atoms with Gasteiger partial charge in [0, 0.05) is 13.0 Å². The molecule has 0 saturated heterocycles. The van der Waals surface area contributed by atoms with Crippen molar-refractivity contribution >= 4 is 5.97 Å². The van der Waals surface area contributed by atoms with Crippen LogP contribution in [0.25, 0.3) is 0 Å². The Kier molecular flexibility index (Phi) is 51.9. The van der Waals surface area contributed by atoms with Crippen LogP contribution in [-0.4, -0.2) is 24.3 Å². The second kappa shape index (κ2) is 52.9. The van der Waals surface area contributed by atoms with E-state index in [4.69, 9.17) is 9.84 Å². The molecule has 0 aromatic heterocycles. The van der Waals surface area contributed by atoms with Gasteiger partial charge in [-0.1, -0.05) is 269 Å². The van der Waals surface area contributed by atoms with Gasteiger partial charge in [-0.15, -0.1) is 0 Å². The molecule has 0 radical (unpaired) electrons. The molecule has 3 heteroatoms. The standard InChI is InChI=1S/C54H104O3/c1-2-3-4-5-6-7-8-9-30-33-36-39-42-45-48-51-54(56)57-53-50-47-44-41-38-35-32-29-27-25-23-21-19-17-15-13-11-10-12-14-16-18-20-22-24-26-28-31-34-37-40-43-46-49-52-55/h6-7,9,30,55H,2-5,8,10-29,31-53H2,1H3/b7-6-,30-9-. The van der Waals surface area contributed by atoms with Crippen molar-refractivity contribution in [3.63, 3.8) is 0 Å². The molecule has 0 aliphatic heterocycles. The molecule has 3 nitrogen and oxygen atoms in total. The number of rotatable bonds is 50. The lowest BCUT2D eigenvalue weighted by Gasteiger charge is -2.06. The van der Waals surface area contributed by atoms with Crippen molar-refractivity contribution in [1.29, 1.82) is 0 Å². The summed E-state index contributed by atoms with van der Waals surface area (Å²) in [4.78, 5) is 12.0. The number of hydrogen-bond donors (Lipinski definition) is 1. The van der Waals surface area contributed by atoms with Crippen LogP contribution in [0.4, 0.5) is 0 Å². The topological polar surface area (TPSA) is 46.5 Å². The van der Waals surface area contributed by atoms with E-state index in [0.717, 1.165) is 32.1 Å². The highest BCUT2D eigenvalue weighted by Gasteiger charge is 2.03. The molecule has 0 amide bonds. The zero-order valence-electron chi connectivity index (χ0n) is 39.0. The van der Waals surface area contributed by atoms with Crippen LogP contribution in [0.3, 0.4) is 0 Å². The molecule has 338 valence electrons. The number of aliphatic hydroxyl groups excluding tert-OH is 1. The molecule has 0 fully saturated rings. The highest BCUT2D eigenvalue weighted by atomic mass is 16.5. The van der Waals surface area contributed by atoms with Crippen molar-refractivity contribution in [2.45, 2.75) is 302 Å². The van der Waals surface area contributed by atoms with Crippen LogP contribution in [0, 0.1) is 0 Å². The Bertz CT molecular complexity index is 788. The summed E-state index contributed by atoms with van der Waals surface area (Å²) >= 11 is 0. The van der Waals surface area contributed by atoms with Crippen LogP contribution in [0.15, 0.2) is 24.3 Å². The summed E-state index contributed by atoms with van der Waals surface area (Å²) in [5.74, 6) is 0.0130. The summed E-state index contributed by atoms with van der Waals surface area (Å²) in [7, 11) is 0. The van der Waals surface area contributed by atoms with Gasteiger partial charge >= 0.3 is 5.97 Å². The van der Waals surface area contributed by atoms with E-state index in [0.29, 0.717) is 19.6 Å². The Morgan fingerprint density at radius 2 is 0.632 bits per heavy atom. The van der Waals surface area contributed by atoms with Crippen molar-refractivity contribution in [3.8, 4) is 0 Å². The van der Waals surface area contributed by atoms with E-state index in [1.165, 1.54) is 257 Å². The first-order chi connectivity index (χ1) is 28.3. The molecular weight excluding hydrogens is 697 g/mol. The number of esters is 1. The first-order valence-corrected chi connectivity index (χ1v) is 26.4. The minimum absolute atomic E-state index is 0.0130. The van der Waals surface area contributed by atoms with Crippen LogP contribution in [0.5, 0.6) is 0 Å². The molecule has 0 atom stereocenters. The third-order valence-corrected chi connectivity index (χ3v) is 12.1. The monoisotopic (exact) mass is 801 g/mol. The lowest BCUT2D eigenvalue weighted by Crippen LogP contribution is -2.05. The van der Waals surface area contributed by atoms with Crippen LogP contribution in [0.1, 0.15) is 302 Å². The Balaban J connectivity index is 3.16. The maximum Gasteiger partial charge on any atom is 0.305 e. The van der Waals surface area contributed by atoms with Gasteiger partial charge in [0.25, 0.3) is 0 Å². The van der Waals surface area contributed by atoms with Gasteiger partial charge in [0.1, 0.15) is 0 Å². The van der Waals surface area contributed by atoms with Gasteiger partial charge in [-0.3, -0.25) is 4.79 Å². The smallest absolute Gasteiger partial charge is 0.305 e. The molecule has 1 N–H and O–H groups in total. The summed E-state index contributed by atoms with van der Waals surface area (Å²) in [6.45, 7) is 3.25. The predicted molar refractivity (Wildman–Crippen MR) is 254 cm³/mol. The van der Waals surface area contributed by atoms with Crippen molar-refractivity contribution in [2.24, 2.45) is 0 Å². The van der Waals surface area contributed by atoms with Gasteiger partial charge in [-0.2, -0.15) is 0 Å². The van der Waals surface area contributed by atoms with Crippen LogP contribution in [-0.2, 0) is 9.53 Å². The Hall–Kier alpha value is -1.09. The zero-order chi connectivity index (χ0) is 41.1. The van der Waals surface area contributed by atoms with Crippen molar-refractivity contribution < 1.29 is 14.6 Å². The number of ether oxygens (including phenoxy) is 1. The average molecular weight is 801 g/mol. The number of unbranched alkanes of at least 4 members (excludes halogenated alkanes) is 41. The summed E-state index contributed by atoms with van der Waals surface area (Å²) < 4.78 is 5.48. The summed E-state index contributed by atoms with van der Waals surface area (Å²) in [5.41, 5.74) is 0. The molecule has 0 aromatic rings. The third-order valence-electron chi connectivity index (χ3n) is 12.1. The van der Waals surface area contributed by atoms with E-state index in [1.807, 2.05) is 0 Å². The van der Waals surface area contributed by atoms with E-state index >= 15 is 0 Å². The van der Waals surface area contributed by atoms with E-state index in [-0.39, 0.29) is 5.97 Å². The maximum absolute atomic E-state index is 12.0. The van der Waals surface area contributed by atoms with E-state index in [9.17, 15) is 4.79 Å². The lowest BCUT2D eigenvalue weighted by atomic mass is 10.0. The molecule has 0 aromatic carbocycles. The van der Waals surface area contributed by atoms with Gasteiger partial charge in [0.15, 0.2) is 0 Å². The number of allylic oxidation sites excluding steroid dienone is 4. The minimum atomic E-state index is 0.0130. The van der Waals surface area contributed by atoms with Gasteiger partial charge in [0.2, 0.25) is 0 Å². The number of carbonyl (C=O) groups is 1. The fraction of sp³-hybridized carbons (Fsp3) is 0.907. The summed E-state index contributed by atoms with van der Waals surface area (Å²) in [6, 6.07) is 0. The molecule has 0 heterocycles. The van der Waals surface area contributed by atoms with Crippen molar-refractivity contribution in [2.75, 3.05) is 13.2 Å². The summed E-state index contributed by atoms with van der Waals surface area (Å²) in [6.07, 6.45) is 70.6. The number of aliphatic hydroxyl groups is 1. The predicted octanol–water partition coefficient (Wildman–Crippen LogP) is 18.6. The summed E-state index contributed by atoms with van der Waals surface area (Å²) in [5, 5.41) is 8.82. The molecule has 0 aliphatic rings. The largest absolute Gasteiger partial charge is 0.466 e. The zero-order valence-corrected chi connectivity index (χ0v) is 39.0. The van der Waals surface area contributed by atoms with Gasteiger partial charge in [-0.05, 0) is 51.4 Å². The fourth-order valence-electron chi connectivity index (χ4n) is 8.21. The van der Waals surface area contributed by atoms with E-state index in [1.54, 1.807) is 0 Å². The molecule has 0 rings (SSSR count). The Morgan fingerprint density at radius 3 is 0.965 bits per heavy atom. The second-order valence-electron chi connectivity index (χ2n) is 17.9. The molecule has 57 heavy (non-hydrogen) atoms. The Morgan fingerprint density at radius 1 is 0.351 bits per heavy atom. The van der Waals surface area contributed by atoms with Crippen LogP contribution in [0.2, 0.25) is 0 Å². The minimum Gasteiger partial charge on any atom is -0.466 e. The first-order valence-electron chi connectivity index (χ1n) is 26.4. The first kappa shape index (κ1) is 55.9. The van der Waals surface area contributed by atoms with Gasteiger partial charge in [0.05, 0.1) is 6.61 Å². The fourth-order valence-corrected chi connectivity index (χ4v) is 8.21. The van der Waals surface area contributed by atoms with Gasteiger partial charge < -0.3 is 9.84 Å². The molecule has 0 spiro atoms. The number of hydrogen-bond acceptors (Lipinski definition) is 3. The SMILES string of the molecule is CCCCC/C=C\C/C=C\CCCCCCCC(=O)OCCCCCCCCCCCCCCCCCCCCCCCCCCCCCCCCCCCCO. The second-order valence-corrected chi connectivity index (χ2v) is 17.9. The van der Waals surface area contributed by atoms with E-state index < -0.39 is 0 Å². The molecule has 0 saturated carbocycles. The van der Waals surface area contributed by atoms with E-state index in [2.05, 4.69) is 31.2 Å².